The number of benzene rings is 1. The second-order valence-electron chi connectivity index (χ2n) is 6.77. The van der Waals surface area contributed by atoms with Crippen LogP contribution in [0, 0.1) is 5.92 Å². The Morgan fingerprint density at radius 1 is 1.24 bits per heavy atom. The van der Waals surface area contributed by atoms with Crippen LogP contribution in [-0.2, 0) is 0 Å². The smallest absolute Gasteiger partial charge is 0.124 e. The zero-order valence-corrected chi connectivity index (χ0v) is 12.3. The van der Waals surface area contributed by atoms with Crippen molar-refractivity contribution in [2.45, 2.75) is 49.8 Å². The minimum absolute atomic E-state index is 0.0741. The molecule has 1 aromatic rings. The van der Waals surface area contributed by atoms with Crippen molar-refractivity contribution >= 4 is 0 Å². The molecule has 3 aliphatic rings. The maximum absolute atomic E-state index is 9.28. The highest BCUT2D eigenvalue weighted by Gasteiger charge is 2.45. The number of hydrogen-bond donors (Lipinski definition) is 2. The predicted octanol–water partition coefficient (Wildman–Crippen LogP) is 2.96. The van der Waals surface area contributed by atoms with Gasteiger partial charge in [-0.05, 0) is 31.7 Å². The van der Waals surface area contributed by atoms with E-state index in [0.717, 1.165) is 18.6 Å². The second kappa shape index (κ2) is 5.15. The molecular formula is C18H23NO2. The van der Waals surface area contributed by atoms with E-state index in [1.807, 2.05) is 0 Å². The maximum atomic E-state index is 9.28. The summed E-state index contributed by atoms with van der Waals surface area (Å²) in [4.78, 5) is 0. The van der Waals surface area contributed by atoms with Crippen LogP contribution in [-0.4, -0.2) is 23.4 Å². The Balaban J connectivity index is 1.55. The molecule has 1 aromatic carbocycles. The highest BCUT2D eigenvalue weighted by molar-refractivity contribution is 5.39. The maximum Gasteiger partial charge on any atom is 0.124 e. The van der Waals surface area contributed by atoms with E-state index in [1.165, 1.54) is 24.8 Å². The van der Waals surface area contributed by atoms with Gasteiger partial charge in [0.1, 0.15) is 11.4 Å². The van der Waals surface area contributed by atoms with Crippen LogP contribution in [0.15, 0.2) is 36.4 Å². The minimum Gasteiger partial charge on any atom is -0.487 e. The van der Waals surface area contributed by atoms with Gasteiger partial charge >= 0.3 is 0 Å². The average Bonchev–Trinajstić information content (AvgIpc) is 2.93. The summed E-state index contributed by atoms with van der Waals surface area (Å²) in [6.45, 7) is 0.253. The van der Waals surface area contributed by atoms with E-state index in [-0.39, 0.29) is 12.2 Å². The lowest BCUT2D eigenvalue weighted by molar-refractivity contribution is -0.0376. The summed E-state index contributed by atoms with van der Waals surface area (Å²) in [7, 11) is 0. The molecular weight excluding hydrogens is 262 g/mol. The molecule has 0 bridgehead atoms. The van der Waals surface area contributed by atoms with E-state index in [1.54, 1.807) is 0 Å². The Labute approximate surface area is 126 Å². The van der Waals surface area contributed by atoms with Gasteiger partial charge < -0.3 is 15.2 Å². The van der Waals surface area contributed by atoms with Crippen LogP contribution in [0.2, 0.25) is 0 Å². The first-order chi connectivity index (χ1) is 10.3. The Kier molecular flexibility index (Phi) is 3.27. The van der Waals surface area contributed by atoms with Gasteiger partial charge in [0.05, 0.1) is 0 Å². The number of aliphatic hydroxyl groups excluding tert-OH is 1. The molecule has 21 heavy (non-hydrogen) atoms. The molecule has 0 saturated heterocycles. The molecule has 1 saturated carbocycles. The van der Waals surface area contributed by atoms with Crippen molar-refractivity contribution in [3.63, 3.8) is 0 Å². The van der Waals surface area contributed by atoms with Crippen LogP contribution in [0.4, 0.5) is 0 Å². The molecule has 2 N–H and O–H groups in total. The van der Waals surface area contributed by atoms with E-state index in [2.05, 4.69) is 41.7 Å². The number of nitrogens with one attached hydrogen (secondary N) is 1. The molecule has 1 aliphatic heterocycles. The van der Waals surface area contributed by atoms with Gasteiger partial charge in [0.15, 0.2) is 0 Å². The summed E-state index contributed by atoms with van der Waals surface area (Å²) in [5.74, 6) is 1.37. The summed E-state index contributed by atoms with van der Waals surface area (Å²) >= 11 is 0. The lowest BCUT2D eigenvalue weighted by Gasteiger charge is -2.48. The first kappa shape index (κ1) is 13.4. The van der Waals surface area contributed by atoms with Crippen molar-refractivity contribution in [3.8, 4) is 5.75 Å². The molecule has 4 rings (SSSR count). The molecule has 1 heterocycles. The quantitative estimate of drug-likeness (QED) is 0.839. The van der Waals surface area contributed by atoms with Crippen LogP contribution >= 0.6 is 0 Å². The lowest BCUT2D eigenvalue weighted by atomic mass is 9.73. The summed E-state index contributed by atoms with van der Waals surface area (Å²) < 4.78 is 6.29. The Morgan fingerprint density at radius 3 is 2.81 bits per heavy atom. The Morgan fingerprint density at radius 2 is 2.10 bits per heavy atom. The number of ether oxygens (including phenoxy) is 1. The Hall–Kier alpha value is -1.32. The van der Waals surface area contributed by atoms with Crippen LogP contribution < -0.4 is 10.1 Å². The number of para-hydroxylation sites is 1. The molecule has 0 amide bonds. The molecule has 1 spiro atoms. The van der Waals surface area contributed by atoms with E-state index < -0.39 is 0 Å². The lowest BCUT2D eigenvalue weighted by Crippen LogP contribution is -2.50. The van der Waals surface area contributed by atoms with Crippen LogP contribution in [0.25, 0.3) is 0 Å². The molecule has 0 unspecified atom stereocenters. The summed E-state index contributed by atoms with van der Waals surface area (Å²) in [5.41, 5.74) is 1.36. The second-order valence-corrected chi connectivity index (χ2v) is 6.77. The van der Waals surface area contributed by atoms with Gasteiger partial charge in [0.2, 0.25) is 0 Å². The zero-order chi connectivity index (χ0) is 14.3. The first-order valence-electron chi connectivity index (χ1n) is 8.11. The Bertz CT molecular complexity index is 550. The van der Waals surface area contributed by atoms with Crippen molar-refractivity contribution in [1.82, 2.24) is 5.32 Å². The van der Waals surface area contributed by atoms with E-state index in [9.17, 15) is 5.11 Å². The minimum atomic E-state index is 0.0741. The molecule has 3 nitrogen and oxygen atoms in total. The monoisotopic (exact) mass is 285 g/mol. The van der Waals surface area contributed by atoms with Crippen molar-refractivity contribution in [1.29, 1.82) is 0 Å². The third-order valence-electron chi connectivity index (χ3n) is 5.28. The van der Waals surface area contributed by atoms with E-state index in [4.69, 9.17) is 4.74 Å². The summed E-state index contributed by atoms with van der Waals surface area (Å²) in [6.07, 6.45) is 10.1. The van der Waals surface area contributed by atoms with Gasteiger partial charge in [-0.2, -0.15) is 0 Å². The molecule has 1 fully saturated rings. The van der Waals surface area contributed by atoms with Gasteiger partial charge in [-0.15, -0.1) is 0 Å². The van der Waals surface area contributed by atoms with Gasteiger partial charge in [0, 0.05) is 36.6 Å². The molecule has 112 valence electrons. The van der Waals surface area contributed by atoms with Crippen molar-refractivity contribution in [2.24, 2.45) is 5.92 Å². The molecule has 3 heteroatoms. The fourth-order valence-electron chi connectivity index (χ4n) is 3.94. The number of rotatable bonds is 3. The molecule has 2 aliphatic carbocycles. The topological polar surface area (TPSA) is 41.5 Å². The third kappa shape index (κ3) is 2.39. The van der Waals surface area contributed by atoms with Crippen molar-refractivity contribution in [3.05, 3.63) is 42.0 Å². The summed E-state index contributed by atoms with van der Waals surface area (Å²) in [5, 5.41) is 13.1. The SMILES string of the molecule is OC[C@H]1C=C[C@@H](N[C@@H]2CC3(CCC3)Oc3ccccc32)C1. The van der Waals surface area contributed by atoms with E-state index in [0.29, 0.717) is 18.0 Å². The van der Waals surface area contributed by atoms with Crippen LogP contribution in [0.5, 0.6) is 5.75 Å². The highest BCUT2D eigenvalue weighted by atomic mass is 16.5. The van der Waals surface area contributed by atoms with Crippen molar-refractivity contribution in [2.75, 3.05) is 6.61 Å². The molecule has 3 atom stereocenters. The largest absolute Gasteiger partial charge is 0.487 e. The van der Waals surface area contributed by atoms with Gasteiger partial charge in [0.25, 0.3) is 0 Å². The standard InChI is InChI=1S/C18H23NO2/c20-12-13-6-7-14(10-13)19-16-11-18(8-3-9-18)21-17-5-2-1-4-15(16)17/h1-2,4-7,13-14,16,19-20H,3,8-12H2/t13-,14+,16+/m0/s1. The number of fused-ring (bicyclic) bond motifs is 1. The van der Waals surface area contributed by atoms with Crippen LogP contribution in [0.3, 0.4) is 0 Å². The normalized spacial score (nSPS) is 32.5. The fraction of sp³-hybridized carbons (Fsp3) is 0.556. The predicted molar refractivity (Wildman–Crippen MR) is 82.3 cm³/mol. The van der Waals surface area contributed by atoms with Crippen LogP contribution in [0.1, 0.15) is 43.7 Å². The van der Waals surface area contributed by atoms with Crippen molar-refractivity contribution < 1.29 is 9.84 Å². The van der Waals surface area contributed by atoms with Gasteiger partial charge in [-0.1, -0.05) is 30.4 Å². The van der Waals surface area contributed by atoms with E-state index >= 15 is 0 Å². The number of aliphatic hydroxyl groups is 1. The zero-order valence-electron chi connectivity index (χ0n) is 12.3. The highest BCUT2D eigenvalue weighted by Crippen LogP contribution is 2.49. The number of hydrogen-bond acceptors (Lipinski definition) is 3. The average molecular weight is 285 g/mol. The molecule has 0 aromatic heterocycles. The summed E-state index contributed by atoms with van der Waals surface area (Å²) in [6, 6.07) is 9.17. The third-order valence-corrected chi connectivity index (χ3v) is 5.28. The fourth-order valence-corrected chi connectivity index (χ4v) is 3.94. The molecule has 0 radical (unpaired) electrons. The van der Waals surface area contributed by atoms with Gasteiger partial charge in [-0.25, -0.2) is 0 Å². The first-order valence-corrected chi connectivity index (χ1v) is 8.11. The van der Waals surface area contributed by atoms with Gasteiger partial charge in [-0.3, -0.25) is 0 Å².